The number of hydrogen-bond donors (Lipinski definition) is 2. The molecule has 1 heterocycles. The molecule has 0 amide bonds. The fraction of sp³-hybridized carbons (Fsp3) is 1.00. The Bertz CT molecular complexity index is 377. The van der Waals surface area contributed by atoms with Gasteiger partial charge in [-0.1, -0.05) is 6.92 Å². The van der Waals surface area contributed by atoms with E-state index >= 15 is 0 Å². The fourth-order valence-electron chi connectivity index (χ4n) is 2.12. The van der Waals surface area contributed by atoms with E-state index in [0.717, 1.165) is 10.7 Å². The predicted molar refractivity (Wildman–Crippen MR) is 68.2 cm³/mol. The molecule has 0 spiro atoms. The van der Waals surface area contributed by atoms with E-state index in [9.17, 15) is 21.6 Å². The normalized spacial score (nSPS) is 25.9. The molecule has 1 rings (SSSR count). The number of rotatable bonds is 4. The van der Waals surface area contributed by atoms with Crippen LogP contribution in [0.4, 0.5) is 13.2 Å². The molecule has 5 nitrogen and oxygen atoms in total. The Kier molecular flexibility index (Phi) is 7.04. The molecular weight excluding hydrogens is 307 g/mol. The van der Waals surface area contributed by atoms with Gasteiger partial charge in [-0.25, -0.2) is 0 Å². The Labute approximate surface area is 117 Å². The van der Waals surface area contributed by atoms with Gasteiger partial charge in [0.2, 0.25) is 0 Å². The van der Waals surface area contributed by atoms with Crippen LogP contribution in [0.3, 0.4) is 0 Å². The monoisotopic (exact) mass is 325 g/mol. The molecule has 0 aliphatic carbocycles. The molecule has 2 atom stereocenters. The van der Waals surface area contributed by atoms with Crippen molar-refractivity contribution >= 4 is 22.6 Å². The average Bonchev–Trinajstić information content (AvgIpc) is 2.25. The zero-order chi connectivity index (χ0) is 14.0. The summed E-state index contributed by atoms with van der Waals surface area (Å²) in [5, 5.41) is 0. The number of halogens is 4. The summed E-state index contributed by atoms with van der Waals surface area (Å²) >= 11 is 0. The van der Waals surface area contributed by atoms with Gasteiger partial charge in [0.05, 0.1) is 0 Å². The summed E-state index contributed by atoms with van der Waals surface area (Å²) in [5.74, 6) is 0.0474. The van der Waals surface area contributed by atoms with Crippen molar-refractivity contribution in [3.05, 3.63) is 0 Å². The summed E-state index contributed by atoms with van der Waals surface area (Å²) in [6.07, 6.45) is -3.11. The lowest BCUT2D eigenvalue weighted by atomic mass is 9.93. The first-order valence-corrected chi connectivity index (χ1v) is 7.14. The second-order valence-electron chi connectivity index (χ2n) is 4.47. The van der Waals surface area contributed by atoms with Crippen molar-refractivity contribution in [3.8, 4) is 0 Å². The standard InChI is InChI=1S/C9H18F3N3O2S.ClH/c1-7-3-2-4-15(8(7)5-13)18(16,17)14-6-9(10,11)12;/h7-8,14H,2-6,13H2,1H3;1H. The Morgan fingerprint density at radius 1 is 1.42 bits per heavy atom. The number of nitrogens with two attached hydrogens (primary N) is 1. The first kappa shape index (κ1) is 18.9. The zero-order valence-corrected chi connectivity index (χ0v) is 12.1. The maximum Gasteiger partial charge on any atom is 0.402 e. The van der Waals surface area contributed by atoms with Gasteiger partial charge in [0.15, 0.2) is 0 Å². The zero-order valence-electron chi connectivity index (χ0n) is 10.5. The smallest absolute Gasteiger partial charge is 0.329 e. The van der Waals surface area contributed by atoms with Crippen LogP contribution in [-0.2, 0) is 10.2 Å². The molecule has 1 fully saturated rings. The van der Waals surface area contributed by atoms with E-state index in [0.29, 0.717) is 6.42 Å². The van der Waals surface area contributed by atoms with E-state index in [1.165, 1.54) is 0 Å². The van der Waals surface area contributed by atoms with Crippen molar-refractivity contribution in [3.63, 3.8) is 0 Å². The van der Waals surface area contributed by atoms with Crippen LogP contribution in [0.25, 0.3) is 0 Å². The third kappa shape index (κ3) is 5.42. The number of hydrogen-bond acceptors (Lipinski definition) is 3. The quantitative estimate of drug-likeness (QED) is 0.805. The Balaban J connectivity index is 0.00000324. The van der Waals surface area contributed by atoms with Crippen LogP contribution >= 0.6 is 12.4 Å². The molecule has 0 bridgehead atoms. The molecule has 1 saturated heterocycles. The third-order valence-corrected chi connectivity index (χ3v) is 4.65. The average molecular weight is 326 g/mol. The van der Waals surface area contributed by atoms with Crippen molar-refractivity contribution in [2.45, 2.75) is 32.0 Å². The number of nitrogens with one attached hydrogen (secondary N) is 1. The molecule has 10 heteroatoms. The summed E-state index contributed by atoms with van der Waals surface area (Å²) in [7, 11) is -4.13. The summed E-state index contributed by atoms with van der Waals surface area (Å²) in [4.78, 5) is 0. The molecule has 0 aromatic heterocycles. The molecule has 3 N–H and O–H groups in total. The van der Waals surface area contributed by atoms with Crippen molar-refractivity contribution in [1.29, 1.82) is 0 Å². The minimum absolute atomic E-state index is 0. The van der Waals surface area contributed by atoms with E-state index in [4.69, 9.17) is 5.73 Å². The van der Waals surface area contributed by atoms with Gasteiger partial charge in [0, 0.05) is 19.1 Å². The van der Waals surface area contributed by atoms with Gasteiger partial charge in [-0.2, -0.15) is 30.6 Å². The van der Waals surface area contributed by atoms with Crippen molar-refractivity contribution < 1.29 is 21.6 Å². The van der Waals surface area contributed by atoms with Gasteiger partial charge in [-0.05, 0) is 18.8 Å². The lowest BCUT2D eigenvalue weighted by Crippen LogP contribution is -2.55. The van der Waals surface area contributed by atoms with Gasteiger partial charge < -0.3 is 5.73 Å². The lowest BCUT2D eigenvalue weighted by molar-refractivity contribution is -0.121. The minimum atomic E-state index is -4.56. The Morgan fingerprint density at radius 3 is 2.47 bits per heavy atom. The van der Waals surface area contributed by atoms with Crippen LogP contribution in [0.2, 0.25) is 0 Å². The molecule has 2 unspecified atom stereocenters. The Hall–Kier alpha value is -0.0900. The minimum Gasteiger partial charge on any atom is -0.329 e. The third-order valence-electron chi connectivity index (χ3n) is 3.07. The first-order chi connectivity index (χ1) is 8.17. The van der Waals surface area contributed by atoms with Crippen molar-refractivity contribution in [2.24, 2.45) is 11.7 Å². The maximum atomic E-state index is 12.0. The SMILES string of the molecule is CC1CCCN(S(=O)(=O)NCC(F)(F)F)C1CN.Cl. The highest BCUT2D eigenvalue weighted by molar-refractivity contribution is 7.87. The maximum absolute atomic E-state index is 12.0. The van der Waals surface area contributed by atoms with Crippen LogP contribution < -0.4 is 10.5 Å². The fourth-order valence-corrected chi connectivity index (χ4v) is 3.65. The van der Waals surface area contributed by atoms with Crippen molar-refractivity contribution in [1.82, 2.24) is 9.03 Å². The highest BCUT2D eigenvalue weighted by atomic mass is 35.5. The van der Waals surface area contributed by atoms with E-state index in [-0.39, 0.29) is 31.4 Å². The molecule has 19 heavy (non-hydrogen) atoms. The molecule has 1 aliphatic rings. The van der Waals surface area contributed by atoms with Gasteiger partial charge in [0.1, 0.15) is 6.54 Å². The highest BCUT2D eigenvalue weighted by Gasteiger charge is 2.37. The largest absolute Gasteiger partial charge is 0.402 e. The van der Waals surface area contributed by atoms with E-state index < -0.39 is 29.0 Å². The predicted octanol–water partition coefficient (Wildman–Crippen LogP) is 0.864. The summed E-state index contributed by atoms with van der Waals surface area (Å²) in [6.45, 7) is 0.605. The second kappa shape index (κ2) is 7.07. The van der Waals surface area contributed by atoms with Gasteiger partial charge in [0.25, 0.3) is 10.2 Å². The van der Waals surface area contributed by atoms with Crippen LogP contribution in [0.5, 0.6) is 0 Å². The second-order valence-corrected chi connectivity index (χ2v) is 6.18. The summed E-state index contributed by atoms with van der Waals surface area (Å²) in [6, 6.07) is -0.440. The lowest BCUT2D eigenvalue weighted by Gasteiger charge is -2.38. The highest BCUT2D eigenvalue weighted by Crippen LogP contribution is 2.25. The van der Waals surface area contributed by atoms with Gasteiger partial charge in [-0.3, -0.25) is 0 Å². The van der Waals surface area contributed by atoms with E-state index in [2.05, 4.69) is 0 Å². The number of alkyl halides is 3. The van der Waals surface area contributed by atoms with Gasteiger partial charge in [-0.15, -0.1) is 12.4 Å². The molecular formula is C9H19ClF3N3O2S. The van der Waals surface area contributed by atoms with Crippen LogP contribution in [0.1, 0.15) is 19.8 Å². The number of nitrogens with zero attached hydrogens (tertiary/aromatic N) is 1. The molecule has 1 aliphatic heterocycles. The Morgan fingerprint density at radius 2 is 2.00 bits per heavy atom. The topological polar surface area (TPSA) is 75.4 Å². The van der Waals surface area contributed by atoms with E-state index in [1.807, 2.05) is 6.92 Å². The molecule has 0 saturated carbocycles. The van der Waals surface area contributed by atoms with Gasteiger partial charge >= 0.3 is 6.18 Å². The van der Waals surface area contributed by atoms with Crippen molar-refractivity contribution in [2.75, 3.05) is 19.6 Å². The summed E-state index contributed by atoms with van der Waals surface area (Å²) in [5.41, 5.74) is 5.51. The molecule has 0 aromatic carbocycles. The molecule has 0 radical (unpaired) electrons. The summed E-state index contributed by atoms with van der Waals surface area (Å²) < 4.78 is 62.3. The van der Waals surface area contributed by atoms with Crippen LogP contribution in [0.15, 0.2) is 0 Å². The van der Waals surface area contributed by atoms with Crippen LogP contribution in [0, 0.1) is 5.92 Å². The van der Waals surface area contributed by atoms with E-state index in [1.54, 1.807) is 4.72 Å². The number of piperidine rings is 1. The first-order valence-electron chi connectivity index (χ1n) is 5.70. The molecule has 116 valence electrons. The van der Waals surface area contributed by atoms with Crippen LogP contribution in [-0.4, -0.2) is 44.6 Å². The molecule has 0 aromatic rings.